The third-order valence-corrected chi connectivity index (χ3v) is 5.42. The molecule has 1 fully saturated rings. The average Bonchev–Trinajstić information content (AvgIpc) is 2.76. The smallest absolute Gasteiger partial charge is 0.313 e. The minimum atomic E-state index is -0.655. The molecule has 0 aliphatic carbocycles. The second-order valence-corrected chi connectivity index (χ2v) is 7.84. The summed E-state index contributed by atoms with van der Waals surface area (Å²) in [6, 6.07) is 15.8. The van der Waals surface area contributed by atoms with Crippen LogP contribution in [0.4, 0.5) is 11.4 Å². The van der Waals surface area contributed by atoms with Crippen molar-refractivity contribution in [3.63, 3.8) is 0 Å². The number of aryl methyl sites for hydroxylation is 1. The first-order valence-corrected chi connectivity index (χ1v) is 10.3. The fourth-order valence-electron chi connectivity index (χ4n) is 3.58. The summed E-state index contributed by atoms with van der Waals surface area (Å²) in [5.74, 6) is -1.28. The molecule has 160 valence electrons. The number of benzene rings is 2. The van der Waals surface area contributed by atoms with E-state index >= 15 is 0 Å². The van der Waals surface area contributed by atoms with Gasteiger partial charge in [0, 0.05) is 31.0 Å². The molecule has 1 atom stereocenters. The van der Waals surface area contributed by atoms with E-state index in [0.29, 0.717) is 25.4 Å². The lowest BCUT2D eigenvalue weighted by molar-refractivity contribution is -0.937. The monoisotopic (exact) mass is 411 g/mol. The molecule has 0 spiro atoms. The minimum Gasteiger partial charge on any atom is -0.378 e. The number of quaternary nitrogens is 1. The van der Waals surface area contributed by atoms with Crippen LogP contribution in [0.2, 0.25) is 0 Å². The highest BCUT2D eigenvalue weighted by molar-refractivity contribution is 6.39. The second-order valence-electron chi connectivity index (χ2n) is 7.84. The van der Waals surface area contributed by atoms with Gasteiger partial charge in [-0.2, -0.15) is 0 Å². The molecule has 0 bridgehead atoms. The average molecular weight is 412 g/mol. The van der Waals surface area contributed by atoms with Crippen LogP contribution in [0.15, 0.2) is 48.5 Å². The number of carbonyl (C=O) groups is 2. The lowest BCUT2D eigenvalue weighted by Gasteiger charge is -2.32. The first-order chi connectivity index (χ1) is 14.4. The van der Waals surface area contributed by atoms with Gasteiger partial charge in [-0.3, -0.25) is 9.59 Å². The quantitative estimate of drug-likeness (QED) is 0.614. The summed E-state index contributed by atoms with van der Waals surface area (Å²) in [6.07, 6.45) is 0. The van der Waals surface area contributed by atoms with Crippen molar-refractivity contribution in [3.8, 4) is 0 Å². The van der Waals surface area contributed by atoms with Crippen molar-refractivity contribution in [1.29, 1.82) is 0 Å². The number of nitrogens with zero attached hydrogens (tertiary/aromatic N) is 1. The second kappa shape index (κ2) is 10.2. The zero-order valence-corrected chi connectivity index (χ0v) is 17.9. The van der Waals surface area contributed by atoms with Gasteiger partial charge in [0.2, 0.25) is 0 Å². The molecule has 2 amide bonds. The summed E-state index contributed by atoms with van der Waals surface area (Å²) >= 11 is 0. The number of nitrogens with one attached hydrogen (secondary N) is 3. The largest absolute Gasteiger partial charge is 0.378 e. The van der Waals surface area contributed by atoms with Crippen LogP contribution in [0.25, 0.3) is 0 Å². The van der Waals surface area contributed by atoms with Crippen LogP contribution in [-0.2, 0) is 14.3 Å². The lowest BCUT2D eigenvalue weighted by Crippen LogP contribution is -3.15. The van der Waals surface area contributed by atoms with E-state index in [4.69, 9.17) is 4.74 Å². The van der Waals surface area contributed by atoms with Crippen molar-refractivity contribution < 1.29 is 19.2 Å². The van der Waals surface area contributed by atoms with Crippen molar-refractivity contribution in [1.82, 2.24) is 5.32 Å². The molecule has 0 radical (unpaired) electrons. The van der Waals surface area contributed by atoms with E-state index in [0.717, 1.165) is 29.9 Å². The fourth-order valence-corrected chi connectivity index (χ4v) is 3.58. The van der Waals surface area contributed by atoms with Gasteiger partial charge < -0.3 is 25.2 Å². The van der Waals surface area contributed by atoms with E-state index in [-0.39, 0.29) is 6.04 Å². The third kappa shape index (κ3) is 5.81. The summed E-state index contributed by atoms with van der Waals surface area (Å²) in [5.41, 5.74) is 3.96. The van der Waals surface area contributed by atoms with E-state index in [1.54, 1.807) is 12.1 Å². The number of amides is 2. The number of ether oxygens (including phenoxy) is 1. The Labute approximate surface area is 178 Å². The van der Waals surface area contributed by atoms with E-state index in [2.05, 4.69) is 39.8 Å². The van der Waals surface area contributed by atoms with Gasteiger partial charge in [-0.1, -0.05) is 29.8 Å². The molecule has 3 rings (SSSR count). The van der Waals surface area contributed by atoms with E-state index in [9.17, 15) is 9.59 Å². The number of anilines is 2. The van der Waals surface area contributed by atoms with Crippen LogP contribution in [0.1, 0.15) is 17.2 Å². The van der Waals surface area contributed by atoms with Gasteiger partial charge in [-0.25, -0.2) is 0 Å². The summed E-state index contributed by atoms with van der Waals surface area (Å²) in [7, 11) is 4.01. The Balaban J connectivity index is 1.65. The van der Waals surface area contributed by atoms with Gasteiger partial charge in [-0.15, -0.1) is 0 Å². The molecule has 1 aliphatic rings. The molecule has 0 unspecified atom stereocenters. The van der Waals surface area contributed by atoms with Crippen LogP contribution in [0.5, 0.6) is 0 Å². The third-order valence-electron chi connectivity index (χ3n) is 5.42. The van der Waals surface area contributed by atoms with Crippen molar-refractivity contribution in [2.45, 2.75) is 13.0 Å². The zero-order chi connectivity index (χ0) is 21.5. The molecule has 30 heavy (non-hydrogen) atoms. The zero-order valence-electron chi connectivity index (χ0n) is 17.9. The van der Waals surface area contributed by atoms with Crippen LogP contribution >= 0.6 is 0 Å². The predicted octanol–water partition coefficient (Wildman–Crippen LogP) is 0.772. The van der Waals surface area contributed by atoms with Gasteiger partial charge in [0.25, 0.3) is 0 Å². The highest BCUT2D eigenvalue weighted by Gasteiger charge is 2.28. The molecule has 3 N–H and O–H groups in total. The Morgan fingerprint density at radius 3 is 2.23 bits per heavy atom. The summed E-state index contributed by atoms with van der Waals surface area (Å²) in [5, 5.41) is 5.47. The number of morpholine rings is 1. The molecule has 2 aromatic rings. The maximum absolute atomic E-state index is 12.4. The van der Waals surface area contributed by atoms with Crippen molar-refractivity contribution in [2.24, 2.45) is 0 Å². The number of carbonyl (C=O) groups excluding carboxylic acids is 2. The summed E-state index contributed by atoms with van der Waals surface area (Å²) in [6.45, 7) is 5.48. The molecule has 2 aromatic carbocycles. The van der Waals surface area contributed by atoms with Gasteiger partial charge in [0.05, 0.1) is 19.8 Å². The predicted molar refractivity (Wildman–Crippen MR) is 118 cm³/mol. The Morgan fingerprint density at radius 2 is 1.63 bits per heavy atom. The van der Waals surface area contributed by atoms with E-state index in [1.807, 2.05) is 33.2 Å². The molecule has 1 heterocycles. The lowest BCUT2D eigenvalue weighted by atomic mass is 10.0. The topological polar surface area (TPSA) is 75.1 Å². The fraction of sp³-hybridized carbons (Fsp3) is 0.391. The number of rotatable bonds is 6. The maximum Gasteiger partial charge on any atom is 0.313 e. The van der Waals surface area contributed by atoms with Gasteiger partial charge in [-0.05, 0) is 31.2 Å². The number of hydrogen-bond acceptors (Lipinski definition) is 4. The van der Waals surface area contributed by atoms with Crippen LogP contribution in [0.3, 0.4) is 0 Å². The maximum atomic E-state index is 12.4. The summed E-state index contributed by atoms with van der Waals surface area (Å²) in [4.78, 5) is 28.1. The Kier molecular flexibility index (Phi) is 7.43. The highest BCUT2D eigenvalue weighted by atomic mass is 16.5. The first-order valence-electron chi connectivity index (χ1n) is 10.3. The first kappa shape index (κ1) is 21.8. The van der Waals surface area contributed by atoms with Gasteiger partial charge in [0.15, 0.2) is 0 Å². The van der Waals surface area contributed by atoms with Crippen LogP contribution in [-0.4, -0.2) is 58.8 Å². The molecule has 1 saturated heterocycles. The molecule has 0 aromatic heterocycles. The standard InChI is InChI=1S/C23H30N4O3/c1-17-4-8-19(9-5-17)25-23(29)22(28)24-16-21(27-12-14-30-15-13-27)18-6-10-20(11-7-18)26(2)3/h4-11,21H,12-16H2,1-3H3,(H,24,28)(H,25,29)/p+1/t21-/m0/s1. The van der Waals surface area contributed by atoms with E-state index in [1.165, 1.54) is 4.90 Å². The molecule has 7 heteroatoms. The van der Waals surface area contributed by atoms with E-state index < -0.39 is 11.8 Å². The van der Waals surface area contributed by atoms with Gasteiger partial charge >= 0.3 is 11.8 Å². The van der Waals surface area contributed by atoms with Crippen LogP contribution < -0.4 is 20.4 Å². The number of hydrogen-bond donors (Lipinski definition) is 3. The molecule has 0 saturated carbocycles. The van der Waals surface area contributed by atoms with Crippen molar-refractivity contribution in [3.05, 3.63) is 59.7 Å². The molecular weight excluding hydrogens is 380 g/mol. The SMILES string of the molecule is Cc1ccc(NC(=O)C(=O)NC[C@@H](c2ccc(N(C)C)cc2)[NH+]2CCOCC2)cc1. The molecular formula is C23H31N4O3+. The van der Waals surface area contributed by atoms with Crippen molar-refractivity contribution >= 4 is 23.2 Å². The Hall–Kier alpha value is -2.90. The normalized spacial score (nSPS) is 15.3. The van der Waals surface area contributed by atoms with Crippen molar-refractivity contribution in [2.75, 3.05) is 57.2 Å². The van der Waals surface area contributed by atoms with Crippen LogP contribution in [0, 0.1) is 6.92 Å². The summed E-state index contributed by atoms with van der Waals surface area (Å²) < 4.78 is 5.50. The minimum absolute atomic E-state index is 0.0567. The Morgan fingerprint density at radius 1 is 1.00 bits per heavy atom. The molecule has 1 aliphatic heterocycles. The van der Waals surface area contributed by atoms with Gasteiger partial charge in [0.1, 0.15) is 19.1 Å². The highest BCUT2D eigenvalue weighted by Crippen LogP contribution is 2.16. The Bertz CT molecular complexity index is 844. The molecule has 7 nitrogen and oxygen atoms in total.